The van der Waals surface area contributed by atoms with Crippen LogP contribution in [0.15, 0.2) is 30.3 Å². The summed E-state index contributed by atoms with van der Waals surface area (Å²) in [7, 11) is 1.19. The largest absolute Gasteiger partial charge is 0.465 e. The number of halogens is 1. The van der Waals surface area contributed by atoms with Crippen LogP contribution in [0.5, 0.6) is 0 Å². The van der Waals surface area contributed by atoms with Crippen LogP contribution in [-0.4, -0.2) is 58.4 Å². The Morgan fingerprint density at radius 1 is 0.842 bits per heavy atom. The lowest BCUT2D eigenvalue weighted by atomic mass is 10.1. The Hall–Kier alpha value is -3.21. The maximum atomic E-state index is 14.7. The number of nitrogens with two attached hydrogens (primary N) is 1. The van der Waals surface area contributed by atoms with Gasteiger partial charge in [-0.05, 0) is 90.0 Å². The fourth-order valence-corrected chi connectivity index (χ4v) is 3.95. The van der Waals surface area contributed by atoms with E-state index in [9.17, 15) is 14.0 Å². The zero-order chi connectivity index (χ0) is 27.8. The number of carbonyl (C=O) groups is 2. The molecule has 0 aliphatic rings. The lowest BCUT2D eigenvalue weighted by molar-refractivity contribution is 0.0601. The molecule has 0 aliphatic heterocycles. The van der Waals surface area contributed by atoms with Gasteiger partial charge in [-0.15, -0.1) is 0 Å². The van der Waals surface area contributed by atoms with Crippen LogP contribution in [0.25, 0.3) is 0 Å². The fourth-order valence-electron chi connectivity index (χ4n) is 3.95. The summed E-state index contributed by atoms with van der Waals surface area (Å²) in [4.78, 5) is 24.7. The molecule has 0 heterocycles. The smallest absolute Gasteiger partial charge is 0.411 e. The van der Waals surface area contributed by atoms with Crippen LogP contribution >= 0.6 is 0 Å². The molecule has 0 unspecified atom stereocenters. The number of aryl methyl sites for hydroxylation is 2. The van der Waals surface area contributed by atoms with E-state index >= 15 is 0 Å². The molecule has 10 heteroatoms. The van der Waals surface area contributed by atoms with Gasteiger partial charge in [-0.25, -0.2) is 14.0 Å². The molecule has 0 saturated heterocycles. The first-order chi connectivity index (χ1) is 18.3. The van der Waals surface area contributed by atoms with Gasteiger partial charge in [-0.2, -0.15) is 0 Å². The number of benzene rings is 2. The molecule has 0 aromatic heterocycles. The van der Waals surface area contributed by atoms with Gasteiger partial charge in [-0.1, -0.05) is 29.3 Å². The summed E-state index contributed by atoms with van der Waals surface area (Å²) >= 11 is 0. The van der Waals surface area contributed by atoms with Crippen molar-refractivity contribution in [2.24, 2.45) is 5.73 Å². The lowest BCUT2D eigenvalue weighted by Gasteiger charge is -2.15. The minimum absolute atomic E-state index is 0.0615. The Morgan fingerprint density at radius 2 is 1.47 bits per heavy atom. The lowest BCUT2D eigenvalue weighted by Crippen LogP contribution is -2.22. The number of carbonyl (C=O) groups excluding carboxylic acids is 2. The van der Waals surface area contributed by atoms with Gasteiger partial charge in [0, 0.05) is 6.54 Å². The first-order valence-corrected chi connectivity index (χ1v) is 13.1. The first kappa shape index (κ1) is 31.0. The minimum atomic E-state index is -0.765. The molecule has 0 atom stereocenters. The maximum Gasteiger partial charge on any atom is 0.411 e. The second-order valence-corrected chi connectivity index (χ2v) is 9.20. The number of esters is 1. The first-order valence-electron chi connectivity index (χ1n) is 13.1. The van der Waals surface area contributed by atoms with Crippen molar-refractivity contribution in [3.8, 4) is 0 Å². The van der Waals surface area contributed by atoms with Gasteiger partial charge in [-0.3, -0.25) is 5.32 Å². The average molecular weight is 532 g/mol. The quantitative estimate of drug-likeness (QED) is 0.153. The van der Waals surface area contributed by atoms with Gasteiger partial charge < -0.3 is 31.2 Å². The number of amides is 1. The summed E-state index contributed by atoms with van der Waals surface area (Å²) in [5, 5.41) is 12.3. The van der Waals surface area contributed by atoms with E-state index in [2.05, 4.69) is 21.3 Å². The predicted octanol–water partition coefficient (Wildman–Crippen LogP) is 4.09. The van der Waals surface area contributed by atoms with Gasteiger partial charge in [0.25, 0.3) is 0 Å². The molecule has 9 nitrogen and oxygen atoms in total. The zero-order valence-electron chi connectivity index (χ0n) is 22.8. The average Bonchev–Trinajstić information content (AvgIpc) is 2.88. The summed E-state index contributed by atoms with van der Waals surface area (Å²) in [5.41, 5.74) is 8.61. The molecule has 210 valence electrons. The van der Waals surface area contributed by atoms with Crippen molar-refractivity contribution in [2.75, 3.05) is 57.0 Å². The van der Waals surface area contributed by atoms with Crippen LogP contribution in [0.2, 0.25) is 0 Å². The summed E-state index contributed by atoms with van der Waals surface area (Å²) in [6.45, 7) is 8.86. The highest BCUT2D eigenvalue weighted by atomic mass is 19.1. The monoisotopic (exact) mass is 531 g/mol. The SMILES string of the molecule is COC(=O)c1cc(F)c(NCCCNCCCCNCCCN)cc1NC(=O)OCc1cc(C)cc(C)c1. The van der Waals surface area contributed by atoms with Gasteiger partial charge in [0.1, 0.15) is 12.4 Å². The van der Waals surface area contributed by atoms with Gasteiger partial charge in [0.15, 0.2) is 0 Å². The molecule has 0 fully saturated rings. The van der Waals surface area contributed by atoms with E-state index in [1.807, 2.05) is 32.0 Å². The highest BCUT2D eigenvalue weighted by Crippen LogP contribution is 2.26. The molecule has 0 radical (unpaired) electrons. The predicted molar refractivity (Wildman–Crippen MR) is 149 cm³/mol. The maximum absolute atomic E-state index is 14.7. The van der Waals surface area contributed by atoms with E-state index in [4.69, 9.17) is 15.2 Å². The number of rotatable bonds is 17. The molecular weight excluding hydrogens is 489 g/mol. The summed E-state index contributed by atoms with van der Waals surface area (Å²) in [6.07, 6.45) is 3.17. The van der Waals surface area contributed by atoms with Crippen LogP contribution < -0.4 is 27.0 Å². The van der Waals surface area contributed by atoms with E-state index < -0.39 is 17.9 Å². The molecule has 0 aliphatic carbocycles. The standard InChI is InChI=1S/C28H42FN5O4/c1-20-14-21(2)16-22(15-20)19-38-28(36)34-25-18-26(24(29)17-23(25)27(35)37-3)33-13-7-12-32-10-5-4-9-31-11-6-8-30/h14-18,31-33H,4-13,19,30H2,1-3H3,(H,34,36). The second-order valence-electron chi connectivity index (χ2n) is 9.20. The van der Waals surface area contributed by atoms with Gasteiger partial charge in [0.2, 0.25) is 0 Å². The number of nitrogens with one attached hydrogen (secondary N) is 4. The number of methoxy groups -OCH3 is 1. The van der Waals surface area contributed by atoms with Crippen LogP contribution in [-0.2, 0) is 16.1 Å². The molecule has 0 saturated carbocycles. The van der Waals surface area contributed by atoms with Gasteiger partial charge >= 0.3 is 12.1 Å². The molecule has 2 aromatic carbocycles. The Kier molecular flexibility index (Phi) is 14.1. The number of hydrogen-bond acceptors (Lipinski definition) is 8. The number of hydrogen-bond donors (Lipinski definition) is 5. The highest BCUT2D eigenvalue weighted by molar-refractivity contribution is 6.00. The Morgan fingerprint density at radius 3 is 2.11 bits per heavy atom. The Balaban J connectivity index is 1.84. The Bertz CT molecular complexity index is 1010. The van der Waals surface area contributed by atoms with E-state index in [0.29, 0.717) is 13.1 Å². The van der Waals surface area contributed by atoms with E-state index in [1.54, 1.807) is 0 Å². The molecular formula is C28H42FN5O4. The summed E-state index contributed by atoms with van der Waals surface area (Å²) in [6, 6.07) is 8.31. The van der Waals surface area contributed by atoms with Crippen molar-refractivity contribution < 1.29 is 23.5 Å². The summed E-state index contributed by atoms with van der Waals surface area (Å²) < 4.78 is 24.8. The normalized spacial score (nSPS) is 10.8. The summed E-state index contributed by atoms with van der Waals surface area (Å²) in [5.74, 6) is -1.38. The topological polar surface area (TPSA) is 127 Å². The minimum Gasteiger partial charge on any atom is -0.465 e. The van der Waals surface area contributed by atoms with Crippen LogP contribution in [0.3, 0.4) is 0 Å². The molecule has 0 bridgehead atoms. The Labute approximate surface area is 225 Å². The molecule has 6 N–H and O–H groups in total. The number of anilines is 2. The zero-order valence-corrected chi connectivity index (χ0v) is 22.8. The van der Waals surface area contributed by atoms with Crippen molar-refractivity contribution in [3.63, 3.8) is 0 Å². The van der Waals surface area contributed by atoms with Crippen molar-refractivity contribution in [2.45, 2.75) is 46.1 Å². The van der Waals surface area contributed by atoms with Gasteiger partial charge in [0.05, 0.1) is 24.0 Å². The molecule has 2 aromatic rings. The van der Waals surface area contributed by atoms with Crippen molar-refractivity contribution in [1.82, 2.24) is 10.6 Å². The number of ether oxygens (including phenoxy) is 2. The number of unbranched alkanes of at least 4 members (excludes halogenated alkanes) is 1. The third kappa shape index (κ3) is 11.5. The fraction of sp³-hybridized carbons (Fsp3) is 0.500. The third-order valence-electron chi connectivity index (χ3n) is 5.76. The second kappa shape index (κ2) is 17.3. The van der Waals surface area contributed by atoms with Crippen LogP contribution in [0, 0.1) is 19.7 Å². The van der Waals surface area contributed by atoms with E-state index in [-0.39, 0.29) is 23.5 Å². The molecule has 38 heavy (non-hydrogen) atoms. The molecule has 0 spiro atoms. The van der Waals surface area contributed by atoms with E-state index in [1.165, 1.54) is 13.2 Å². The van der Waals surface area contributed by atoms with Crippen molar-refractivity contribution >= 4 is 23.4 Å². The van der Waals surface area contributed by atoms with Crippen molar-refractivity contribution in [3.05, 3.63) is 58.4 Å². The molecule has 1 amide bonds. The highest BCUT2D eigenvalue weighted by Gasteiger charge is 2.19. The third-order valence-corrected chi connectivity index (χ3v) is 5.76. The van der Waals surface area contributed by atoms with E-state index in [0.717, 1.165) is 74.6 Å². The molecule has 2 rings (SSSR count). The van der Waals surface area contributed by atoms with Crippen LogP contribution in [0.4, 0.5) is 20.6 Å². The van der Waals surface area contributed by atoms with Crippen LogP contribution in [0.1, 0.15) is 52.7 Å². The van der Waals surface area contributed by atoms with Crippen molar-refractivity contribution in [1.29, 1.82) is 0 Å².